The van der Waals surface area contributed by atoms with Gasteiger partial charge in [-0.25, -0.2) is 0 Å². The van der Waals surface area contributed by atoms with Gasteiger partial charge in [-0.1, -0.05) is 29.8 Å². The maximum Gasteiger partial charge on any atom is 0.161 e. The normalized spacial score (nSPS) is 11.6. The summed E-state index contributed by atoms with van der Waals surface area (Å²) in [5, 5.41) is 16.1. The van der Waals surface area contributed by atoms with Crippen molar-refractivity contribution in [3.05, 3.63) is 83.7 Å². The van der Waals surface area contributed by atoms with Crippen LogP contribution in [0.25, 0.3) is 22.3 Å². The van der Waals surface area contributed by atoms with Crippen molar-refractivity contribution in [2.45, 2.75) is 6.92 Å². The Hall–Kier alpha value is -3.73. The number of rotatable bonds is 4. The van der Waals surface area contributed by atoms with Crippen molar-refractivity contribution in [1.29, 1.82) is 0 Å². The summed E-state index contributed by atoms with van der Waals surface area (Å²) < 4.78 is 11.3. The number of aryl methyl sites for hydroxylation is 1. The summed E-state index contributed by atoms with van der Waals surface area (Å²) in [6.45, 7) is 2.03. The Morgan fingerprint density at radius 2 is 1.79 bits per heavy atom. The average molecular weight is 372 g/mol. The Bertz CT molecular complexity index is 1200. The first kappa shape index (κ1) is 17.7. The molecule has 0 unspecified atom stereocenters. The molecule has 0 saturated heterocycles. The van der Waals surface area contributed by atoms with Crippen LogP contribution in [-0.4, -0.2) is 12.2 Å². The van der Waals surface area contributed by atoms with E-state index in [1.54, 1.807) is 18.2 Å². The van der Waals surface area contributed by atoms with Gasteiger partial charge in [-0.15, -0.1) is 0 Å². The zero-order chi connectivity index (χ0) is 19.5. The molecule has 1 heterocycles. The van der Waals surface area contributed by atoms with Gasteiger partial charge < -0.3 is 14.3 Å². The SMILES string of the molecule is COc1cc(-c2c/c(=N\Nc3ccccc3)c3cc(C)ccc3o2)ccc1O. The number of benzene rings is 3. The van der Waals surface area contributed by atoms with Crippen LogP contribution in [0.15, 0.2) is 82.3 Å². The van der Waals surface area contributed by atoms with Gasteiger partial charge in [0.2, 0.25) is 0 Å². The van der Waals surface area contributed by atoms with Crippen molar-refractivity contribution in [3.8, 4) is 22.8 Å². The lowest BCUT2D eigenvalue weighted by Crippen LogP contribution is -2.07. The smallest absolute Gasteiger partial charge is 0.161 e. The maximum absolute atomic E-state index is 9.86. The van der Waals surface area contributed by atoms with Crippen molar-refractivity contribution in [2.75, 3.05) is 12.5 Å². The minimum atomic E-state index is 0.0818. The van der Waals surface area contributed by atoms with E-state index in [-0.39, 0.29) is 5.75 Å². The largest absolute Gasteiger partial charge is 0.504 e. The molecule has 0 radical (unpaired) electrons. The molecule has 1 aromatic heterocycles. The van der Waals surface area contributed by atoms with Gasteiger partial charge in [0.15, 0.2) is 11.5 Å². The predicted molar refractivity (Wildman–Crippen MR) is 110 cm³/mol. The van der Waals surface area contributed by atoms with Crippen LogP contribution in [-0.2, 0) is 0 Å². The van der Waals surface area contributed by atoms with Gasteiger partial charge in [0.1, 0.15) is 11.3 Å². The zero-order valence-corrected chi connectivity index (χ0v) is 15.6. The average Bonchev–Trinajstić information content (AvgIpc) is 2.73. The van der Waals surface area contributed by atoms with Gasteiger partial charge in [0.05, 0.1) is 18.2 Å². The van der Waals surface area contributed by atoms with E-state index in [4.69, 9.17) is 9.15 Å². The lowest BCUT2D eigenvalue weighted by molar-refractivity contribution is 0.373. The first-order chi connectivity index (χ1) is 13.6. The van der Waals surface area contributed by atoms with E-state index in [0.29, 0.717) is 11.5 Å². The van der Waals surface area contributed by atoms with Crippen molar-refractivity contribution in [1.82, 2.24) is 0 Å². The fourth-order valence-corrected chi connectivity index (χ4v) is 2.99. The summed E-state index contributed by atoms with van der Waals surface area (Å²) in [5.41, 5.74) is 6.64. The summed E-state index contributed by atoms with van der Waals surface area (Å²) in [4.78, 5) is 0. The van der Waals surface area contributed by atoms with Crippen LogP contribution < -0.4 is 15.5 Å². The molecule has 2 N–H and O–H groups in total. The van der Waals surface area contributed by atoms with E-state index in [1.165, 1.54) is 7.11 Å². The zero-order valence-electron chi connectivity index (χ0n) is 15.6. The molecule has 0 bridgehead atoms. The summed E-state index contributed by atoms with van der Waals surface area (Å²) in [7, 11) is 1.52. The highest BCUT2D eigenvalue weighted by Crippen LogP contribution is 2.32. The van der Waals surface area contributed by atoms with E-state index < -0.39 is 0 Å². The second-order valence-electron chi connectivity index (χ2n) is 6.47. The fraction of sp³-hybridized carbons (Fsp3) is 0.0870. The summed E-state index contributed by atoms with van der Waals surface area (Å²) >= 11 is 0. The number of ether oxygens (including phenoxy) is 1. The number of hydrogen-bond donors (Lipinski definition) is 2. The second-order valence-corrected chi connectivity index (χ2v) is 6.47. The number of para-hydroxylation sites is 1. The number of anilines is 1. The minimum absolute atomic E-state index is 0.0818. The lowest BCUT2D eigenvalue weighted by Gasteiger charge is -2.08. The Balaban J connectivity index is 1.88. The number of methoxy groups -OCH3 is 1. The van der Waals surface area contributed by atoms with Gasteiger partial charge in [-0.3, -0.25) is 5.43 Å². The van der Waals surface area contributed by atoms with E-state index in [0.717, 1.165) is 33.1 Å². The lowest BCUT2D eigenvalue weighted by atomic mass is 10.1. The number of nitrogens with zero attached hydrogens (tertiary/aromatic N) is 1. The minimum Gasteiger partial charge on any atom is -0.504 e. The fourth-order valence-electron chi connectivity index (χ4n) is 2.99. The highest BCUT2D eigenvalue weighted by atomic mass is 16.5. The van der Waals surface area contributed by atoms with E-state index >= 15 is 0 Å². The summed E-state index contributed by atoms with van der Waals surface area (Å²) in [6, 6.07) is 22.7. The third kappa shape index (κ3) is 3.55. The molecule has 0 spiro atoms. The Labute approximate surface area is 162 Å². The molecule has 0 fully saturated rings. The van der Waals surface area contributed by atoms with Crippen LogP contribution >= 0.6 is 0 Å². The maximum atomic E-state index is 9.86. The van der Waals surface area contributed by atoms with Gasteiger partial charge >= 0.3 is 0 Å². The highest BCUT2D eigenvalue weighted by molar-refractivity contribution is 5.79. The Morgan fingerprint density at radius 1 is 0.964 bits per heavy atom. The van der Waals surface area contributed by atoms with E-state index in [2.05, 4.69) is 10.5 Å². The first-order valence-electron chi connectivity index (χ1n) is 8.91. The quantitative estimate of drug-likeness (QED) is 0.492. The van der Waals surface area contributed by atoms with Crippen LogP contribution in [0.5, 0.6) is 11.5 Å². The van der Waals surface area contributed by atoms with Crippen LogP contribution in [0.1, 0.15) is 5.56 Å². The molecule has 0 aliphatic carbocycles. The number of fused-ring (bicyclic) bond motifs is 1. The van der Waals surface area contributed by atoms with Crippen molar-refractivity contribution in [2.24, 2.45) is 5.10 Å². The van der Waals surface area contributed by atoms with Crippen molar-refractivity contribution >= 4 is 16.7 Å². The van der Waals surface area contributed by atoms with Gasteiger partial charge in [0, 0.05) is 17.0 Å². The number of hydrogen-bond acceptors (Lipinski definition) is 5. The molecule has 4 aromatic rings. The predicted octanol–water partition coefficient (Wildman–Crippen LogP) is 5.05. The number of nitrogens with one attached hydrogen (secondary N) is 1. The molecule has 140 valence electrons. The van der Waals surface area contributed by atoms with Crippen molar-refractivity contribution in [3.63, 3.8) is 0 Å². The standard InChI is InChI=1S/C23H20N2O3/c1-15-8-11-21-18(12-15)19(25-24-17-6-4-3-5-7-17)14-22(28-21)16-9-10-20(26)23(13-16)27-2/h3-14,24,26H,1-2H3/b25-19+. The van der Waals surface area contributed by atoms with E-state index in [9.17, 15) is 5.11 Å². The van der Waals surface area contributed by atoms with Crippen molar-refractivity contribution < 1.29 is 14.3 Å². The molecule has 4 rings (SSSR count). The molecular formula is C23H20N2O3. The van der Waals surface area contributed by atoms with Crippen LogP contribution in [0, 0.1) is 6.92 Å². The number of phenolic OH excluding ortho intramolecular Hbond substituents is 1. The topological polar surface area (TPSA) is 67.0 Å². The summed E-state index contributed by atoms with van der Waals surface area (Å²) in [5.74, 6) is 1.10. The van der Waals surface area contributed by atoms with Crippen LogP contribution in [0.4, 0.5) is 5.69 Å². The molecule has 28 heavy (non-hydrogen) atoms. The third-order valence-corrected chi connectivity index (χ3v) is 4.44. The number of phenols is 1. The molecule has 0 aliphatic heterocycles. The highest BCUT2D eigenvalue weighted by Gasteiger charge is 2.10. The molecule has 5 nitrogen and oxygen atoms in total. The first-order valence-corrected chi connectivity index (χ1v) is 8.91. The van der Waals surface area contributed by atoms with Gasteiger partial charge in [-0.2, -0.15) is 5.10 Å². The van der Waals surface area contributed by atoms with Crippen LogP contribution in [0.3, 0.4) is 0 Å². The molecule has 0 amide bonds. The van der Waals surface area contributed by atoms with Gasteiger partial charge in [0.25, 0.3) is 0 Å². The molecule has 3 aromatic carbocycles. The van der Waals surface area contributed by atoms with E-state index in [1.807, 2.05) is 61.5 Å². The molecule has 0 saturated carbocycles. The monoisotopic (exact) mass is 372 g/mol. The third-order valence-electron chi connectivity index (χ3n) is 4.44. The molecular weight excluding hydrogens is 352 g/mol. The Kier molecular flexibility index (Phi) is 4.72. The second kappa shape index (κ2) is 7.48. The Morgan fingerprint density at radius 3 is 2.57 bits per heavy atom. The molecule has 0 aliphatic rings. The summed E-state index contributed by atoms with van der Waals surface area (Å²) in [6.07, 6.45) is 0. The molecule has 5 heteroatoms. The number of aromatic hydroxyl groups is 1. The molecule has 0 atom stereocenters. The van der Waals surface area contributed by atoms with Gasteiger partial charge in [-0.05, 0) is 49.4 Å². The van der Waals surface area contributed by atoms with Crippen LogP contribution in [0.2, 0.25) is 0 Å².